The zero-order chi connectivity index (χ0) is 30.4. The van der Waals surface area contributed by atoms with Crippen LogP contribution in [0, 0.1) is 17.8 Å². The Balaban J connectivity index is 1.24. The molecular formula is C33H41ClN2O6S. The van der Waals surface area contributed by atoms with Gasteiger partial charge in [-0.2, -0.15) is 0 Å². The highest BCUT2D eigenvalue weighted by Gasteiger charge is 2.44. The lowest BCUT2D eigenvalue weighted by molar-refractivity contribution is 0.0453. The molecule has 10 heteroatoms. The van der Waals surface area contributed by atoms with Gasteiger partial charge in [0.1, 0.15) is 5.75 Å². The number of allylic oxidation sites excluding steroid dienone is 1. The van der Waals surface area contributed by atoms with Crippen molar-refractivity contribution in [2.45, 2.75) is 74.6 Å². The number of halogens is 1. The van der Waals surface area contributed by atoms with Crippen molar-refractivity contribution in [3.8, 4) is 5.75 Å². The Morgan fingerprint density at radius 3 is 2.74 bits per heavy atom. The summed E-state index contributed by atoms with van der Waals surface area (Å²) in [5.74, 6) is 0.0781. The van der Waals surface area contributed by atoms with E-state index in [1.54, 1.807) is 18.2 Å². The lowest BCUT2D eigenvalue weighted by atomic mass is 9.68. The average Bonchev–Trinajstić information content (AvgIpc) is 3.10. The molecule has 0 aromatic heterocycles. The van der Waals surface area contributed by atoms with Crippen molar-refractivity contribution in [2.24, 2.45) is 22.9 Å². The summed E-state index contributed by atoms with van der Waals surface area (Å²) >= 11 is 6.37. The van der Waals surface area contributed by atoms with Gasteiger partial charge in [-0.05, 0) is 111 Å². The fourth-order valence-electron chi connectivity index (χ4n) is 7.87. The Morgan fingerprint density at radius 1 is 1.16 bits per heavy atom. The topological polar surface area (TPSA) is 130 Å². The summed E-state index contributed by atoms with van der Waals surface area (Å²) in [6.07, 6.45) is 10.8. The largest absolute Gasteiger partial charge is 0.490 e. The van der Waals surface area contributed by atoms with Crippen LogP contribution in [-0.4, -0.2) is 55.7 Å². The maximum Gasteiger partial charge on any atom is 0.335 e. The third-order valence-corrected chi connectivity index (χ3v) is 12.0. The predicted octanol–water partition coefficient (Wildman–Crippen LogP) is 5.30. The van der Waals surface area contributed by atoms with Crippen LogP contribution in [0.5, 0.6) is 5.75 Å². The van der Waals surface area contributed by atoms with Crippen LogP contribution in [0.15, 0.2) is 48.6 Å². The van der Waals surface area contributed by atoms with Gasteiger partial charge in [0.2, 0.25) is 10.0 Å². The number of nitrogens with zero attached hydrogens (tertiary/aromatic N) is 1. The minimum atomic E-state index is -3.56. The van der Waals surface area contributed by atoms with E-state index >= 15 is 0 Å². The number of aryl methyl sites for hydroxylation is 1. The molecule has 8 nitrogen and oxygen atoms in total. The molecule has 6 atom stereocenters. The Kier molecular flexibility index (Phi) is 8.54. The molecule has 0 saturated heterocycles. The first kappa shape index (κ1) is 30.4. The van der Waals surface area contributed by atoms with E-state index in [0.29, 0.717) is 38.3 Å². The van der Waals surface area contributed by atoms with E-state index < -0.39 is 27.3 Å². The molecule has 2 aromatic rings. The number of aliphatic hydroxyl groups is 1. The molecule has 232 valence electrons. The normalized spacial score (nSPS) is 29.7. The lowest BCUT2D eigenvalue weighted by Crippen LogP contribution is -2.49. The van der Waals surface area contributed by atoms with Crippen LogP contribution in [0.25, 0.3) is 0 Å². The van der Waals surface area contributed by atoms with Gasteiger partial charge in [-0.25, -0.2) is 18.4 Å². The fraction of sp³-hybridized carbons (Fsp3) is 0.545. The summed E-state index contributed by atoms with van der Waals surface area (Å²) in [6.45, 7) is 1.86. The van der Waals surface area contributed by atoms with E-state index in [9.17, 15) is 23.4 Å². The molecule has 2 aromatic carbocycles. The Labute approximate surface area is 258 Å². The van der Waals surface area contributed by atoms with Crippen LogP contribution in [0.4, 0.5) is 5.69 Å². The van der Waals surface area contributed by atoms with E-state index in [4.69, 9.17) is 21.5 Å². The predicted molar refractivity (Wildman–Crippen MR) is 167 cm³/mol. The van der Waals surface area contributed by atoms with Crippen molar-refractivity contribution in [3.05, 3.63) is 70.3 Å². The molecule has 0 radical (unpaired) electrons. The number of anilines is 1. The quantitative estimate of drug-likeness (QED) is 0.355. The summed E-state index contributed by atoms with van der Waals surface area (Å²) in [7, 11) is -3.56. The number of aromatic carboxylic acids is 1. The van der Waals surface area contributed by atoms with Gasteiger partial charge < -0.3 is 19.8 Å². The summed E-state index contributed by atoms with van der Waals surface area (Å²) in [5, 5.41) is 26.6. The number of primary sulfonamides is 1. The summed E-state index contributed by atoms with van der Waals surface area (Å²) in [6, 6.07) is 11.2. The first-order chi connectivity index (χ1) is 20.5. The van der Waals surface area contributed by atoms with Gasteiger partial charge in [0, 0.05) is 23.5 Å². The standard InChI is InChI=1S/C33H41ClN2O6S/c34-25-9-11-28-22(16-25)4-2-14-33(28)19-36(29-17-23(32(38)39)8-13-31(29)42-20-33)18-24-7-10-27(24)30(37)12-6-21-3-1-5-26(15-21)43(35,40)41/h6,8-9,11-13,16-17,21,24,26-27,30,37H,1-5,7,10,14-15,18-20H2,(H,38,39)(H2,35,40,41)/b12-6+/t21-,24-,26+,27+,30-,33-/m0/s1. The van der Waals surface area contributed by atoms with Crippen molar-refractivity contribution < 1.29 is 28.2 Å². The van der Waals surface area contributed by atoms with Crippen molar-refractivity contribution in [3.63, 3.8) is 0 Å². The van der Waals surface area contributed by atoms with Crippen molar-refractivity contribution in [2.75, 3.05) is 24.6 Å². The molecule has 3 aliphatic carbocycles. The third kappa shape index (κ3) is 6.32. The highest BCUT2D eigenvalue weighted by atomic mass is 35.5. The maximum atomic E-state index is 11.9. The van der Waals surface area contributed by atoms with Crippen LogP contribution >= 0.6 is 11.6 Å². The number of carboxylic acid groups (broad SMARTS) is 1. The third-order valence-electron chi connectivity index (χ3n) is 10.4. The van der Waals surface area contributed by atoms with E-state index in [0.717, 1.165) is 55.7 Å². The molecule has 0 amide bonds. The fourth-order valence-corrected chi connectivity index (χ4v) is 9.07. The summed E-state index contributed by atoms with van der Waals surface area (Å²) < 4.78 is 30.2. The second-order valence-corrected chi connectivity index (χ2v) is 15.4. The molecule has 0 unspecified atom stereocenters. The SMILES string of the molecule is NS(=O)(=O)[C@@H]1CCC[C@@H](/C=C/[C@H](O)[C@@H]2CC[C@H]2CN2C[C@@]3(CCCc4cc(Cl)ccc43)COc3ccc(C(=O)O)cc32)C1. The number of carboxylic acids is 1. The van der Waals surface area contributed by atoms with Crippen LogP contribution in [0.1, 0.15) is 72.9 Å². The minimum Gasteiger partial charge on any atom is -0.490 e. The van der Waals surface area contributed by atoms with Crippen LogP contribution < -0.4 is 14.8 Å². The van der Waals surface area contributed by atoms with Crippen molar-refractivity contribution in [1.29, 1.82) is 0 Å². The Morgan fingerprint density at radius 2 is 2.00 bits per heavy atom. The minimum absolute atomic E-state index is 0.0672. The molecule has 43 heavy (non-hydrogen) atoms. The monoisotopic (exact) mass is 628 g/mol. The van der Waals surface area contributed by atoms with Crippen LogP contribution in [0.2, 0.25) is 5.02 Å². The van der Waals surface area contributed by atoms with Crippen LogP contribution in [0.3, 0.4) is 0 Å². The first-order valence-electron chi connectivity index (χ1n) is 15.4. The van der Waals surface area contributed by atoms with Gasteiger partial charge in [0.25, 0.3) is 0 Å². The molecule has 0 bridgehead atoms. The number of aliphatic hydroxyl groups excluding tert-OH is 1. The molecule has 4 aliphatic rings. The second kappa shape index (κ2) is 12.1. The molecule has 1 aliphatic heterocycles. The van der Waals surface area contributed by atoms with E-state index in [1.807, 2.05) is 18.2 Å². The maximum absolute atomic E-state index is 11.9. The van der Waals surface area contributed by atoms with Crippen molar-refractivity contribution >= 4 is 33.3 Å². The van der Waals surface area contributed by atoms with E-state index in [1.165, 1.54) is 11.1 Å². The summed E-state index contributed by atoms with van der Waals surface area (Å²) in [4.78, 5) is 14.2. The number of benzene rings is 2. The zero-order valence-corrected chi connectivity index (χ0v) is 25.9. The van der Waals surface area contributed by atoms with E-state index in [-0.39, 0.29) is 28.7 Å². The number of rotatable bonds is 7. The van der Waals surface area contributed by atoms with Gasteiger partial charge in [-0.15, -0.1) is 0 Å². The molecule has 1 heterocycles. The molecule has 2 fully saturated rings. The lowest BCUT2D eigenvalue weighted by Gasteiger charge is -2.45. The molecular weight excluding hydrogens is 588 g/mol. The molecule has 6 rings (SSSR count). The molecule has 2 saturated carbocycles. The zero-order valence-electron chi connectivity index (χ0n) is 24.3. The van der Waals surface area contributed by atoms with Crippen LogP contribution in [-0.2, 0) is 21.9 Å². The van der Waals surface area contributed by atoms with Gasteiger partial charge in [0.15, 0.2) is 0 Å². The molecule has 4 N–H and O–H groups in total. The Bertz CT molecular complexity index is 1510. The van der Waals surface area contributed by atoms with Gasteiger partial charge in [-0.1, -0.05) is 36.2 Å². The number of hydrogen-bond donors (Lipinski definition) is 3. The number of nitrogens with two attached hydrogens (primary N) is 1. The molecule has 1 spiro atoms. The highest BCUT2D eigenvalue weighted by Crippen LogP contribution is 2.46. The smallest absolute Gasteiger partial charge is 0.335 e. The van der Waals surface area contributed by atoms with Gasteiger partial charge in [-0.3, -0.25) is 0 Å². The first-order valence-corrected chi connectivity index (χ1v) is 17.4. The number of fused-ring (bicyclic) bond motifs is 3. The Hall–Kier alpha value is -2.59. The number of ether oxygens (including phenoxy) is 1. The van der Waals surface area contributed by atoms with Gasteiger partial charge >= 0.3 is 5.97 Å². The second-order valence-electron chi connectivity index (χ2n) is 13.1. The summed E-state index contributed by atoms with van der Waals surface area (Å²) in [5.41, 5.74) is 3.23. The van der Waals surface area contributed by atoms with E-state index in [2.05, 4.69) is 17.0 Å². The highest BCUT2D eigenvalue weighted by molar-refractivity contribution is 7.89. The number of carbonyl (C=O) groups is 1. The number of sulfonamides is 1. The number of hydrogen-bond acceptors (Lipinski definition) is 6. The average molecular weight is 629 g/mol. The van der Waals surface area contributed by atoms with Gasteiger partial charge in [0.05, 0.1) is 29.2 Å². The van der Waals surface area contributed by atoms with Crippen molar-refractivity contribution in [1.82, 2.24) is 0 Å².